The normalized spacial score (nSPS) is 15.0. The van der Waals surface area contributed by atoms with Crippen molar-refractivity contribution >= 4 is 26.3 Å². The van der Waals surface area contributed by atoms with Crippen LogP contribution < -0.4 is 0 Å². The number of unbranched alkanes of at least 4 members (excludes halogenated alkanes) is 4. The van der Waals surface area contributed by atoms with Gasteiger partial charge in [0.2, 0.25) is 0 Å². The third-order valence-corrected chi connectivity index (χ3v) is 10.6. The summed E-state index contributed by atoms with van der Waals surface area (Å²) < 4.78 is 0. The van der Waals surface area contributed by atoms with E-state index in [2.05, 4.69) is 13.8 Å². The Kier molecular flexibility index (Phi) is 13.2. The van der Waals surface area contributed by atoms with E-state index in [1.54, 1.807) is 0 Å². The molecular formula is C12H26O2Se2. The van der Waals surface area contributed by atoms with E-state index >= 15 is 0 Å². The predicted octanol–water partition coefficient (Wildman–Crippen LogP) is 2.11. The average Bonchev–Trinajstić information content (AvgIpc) is 2.27. The second-order valence-electron chi connectivity index (χ2n) is 4.09. The Balaban J connectivity index is 3.32. The Morgan fingerprint density at radius 1 is 0.750 bits per heavy atom. The van der Waals surface area contributed by atoms with Crippen molar-refractivity contribution in [2.45, 2.75) is 75.2 Å². The summed E-state index contributed by atoms with van der Waals surface area (Å²) in [5, 5.41) is 19.2. The molecule has 2 unspecified atom stereocenters. The molecule has 0 aromatic heterocycles. The summed E-state index contributed by atoms with van der Waals surface area (Å²) in [5.41, 5.74) is 0. The van der Waals surface area contributed by atoms with Gasteiger partial charge in [-0.1, -0.05) is 0 Å². The van der Waals surface area contributed by atoms with Crippen LogP contribution in [0.5, 0.6) is 0 Å². The quantitative estimate of drug-likeness (QED) is 0.438. The van der Waals surface area contributed by atoms with Crippen molar-refractivity contribution < 1.29 is 10.2 Å². The van der Waals surface area contributed by atoms with Crippen LogP contribution >= 0.6 is 0 Å². The first-order chi connectivity index (χ1) is 7.70. The second kappa shape index (κ2) is 12.4. The molecule has 0 spiro atoms. The van der Waals surface area contributed by atoms with Gasteiger partial charge in [0.05, 0.1) is 0 Å². The fourth-order valence-corrected chi connectivity index (χ4v) is 7.90. The number of rotatable bonds is 11. The molecule has 0 saturated heterocycles. The Morgan fingerprint density at radius 3 is 1.44 bits per heavy atom. The number of hydrogen-bond donors (Lipinski definition) is 2. The van der Waals surface area contributed by atoms with E-state index in [0.717, 1.165) is 25.7 Å². The third kappa shape index (κ3) is 11.4. The third-order valence-electron chi connectivity index (χ3n) is 2.39. The van der Waals surface area contributed by atoms with Gasteiger partial charge >= 0.3 is 112 Å². The number of aliphatic hydroxyl groups is 2. The molecule has 0 aliphatic heterocycles. The van der Waals surface area contributed by atoms with Crippen molar-refractivity contribution in [2.75, 3.05) is 0 Å². The van der Waals surface area contributed by atoms with E-state index in [9.17, 15) is 10.2 Å². The molecular weight excluding hydrogens is 334 g/mol. The van der Waals surface area contributed by atoms with Crippen molar-refractivity contribution in [3.8, 4) is 0 Å². The summed E-state index contributed by atoms with van der Waals surface area (Å²) in [6, 6.07) is 0. The van der Waals surface area contributed by atoms with E-state index in [0.29, 0.717) is 0 Å². The molecule has 0 rings (SSSR count). The number of aliphatic hydroxyl groups excluding tert-OH is 2. The van der Waals surface area contributed by atoms with Crippen LogP contribution in [-0.4, -0.2) is 46.5 Å². The topological polar surface area (TPSA) is 40.5 Å². The number of hydrogen-bond acceptors (Lipinski definition) is 2. The van der Waals surface area contributed by atoms with Crippen molar-refractivity contribution in [2.24, 2.45) is 0 Å². The van der Waals surface area contributed by atoms with Crippen LogP contribution in [0.4, 0.5) is 0 Å². The summed E-state index contributed by atoms with van der Waals surface area (Å²) in [6.45, 7) is 4.36. The molecule has 0 aliphatic carbocycles. The van der Waals surface area contributed by atoms with Crippen molar-refractivity contribution in [3.05, 3.63) is 0 Å². The summed E-state index contributed by atoms with van der Waals surface area (Å²) in [7, 11) is 0. The van der Waals surface area contributed by atoms with Gasteiger partial charge in [0, 0.05) is 0 Å². The zero-order valence-corrected chi connectivity index (χ0v) is 13.9. The molecule has 2 N–H and O–H groups in total. The Bertz CT molecular complexity index is 129. The van der Waals surface area contributed by atoms with Gasteiger partial charge in [-0.3, -0.25) is 0 Å². The predicted molar refractivity (Wildman–Crippen MR) is 71.8 cm³/mol. The van der Waals surface area contributed by atoms with Crippen molar-refractivity contribution in [1.82, 2.24) is 0 Å². The Hall–Kier alpha value is 0.959. The summed E-state index contributed by atoms with van der Waals surface area (Å²) >= 11 is 0.540. The fourth-order valence-electron chi connectivity index (χ4n) is 1.36. The minimum atomic E-state index is -0.111. The molecule has 98 valence electrons. The summed E-state index contributed by atoms with van der Waals surface area (Å²) in [5.74, 6) is 0. The van der Waals surface area contributed by atoms with E-state index in [1.165, 1.54) is 25.7 Å². The molecule has 4 heteroatoms. The summed E-state index contributed by atoms with van der Waals surface area (Å²) in [6.07, 6.45) is 9.03. The molecule has 0 radical (unpaired) electrons. The van der Waals surface area contributed by atoms with Gasteiger partial charge in [-0.2, -0.15) is 0 Å². The first-order valence-corrected chi connectivity index (χ1v) is 12.7. The fraction of sp³-hybridized carbons (Fsp3) is 1.00. The van der Waals surface area contributed by atoms with Gasteiger partial charge in [-0.05, 0) is 0 Å². The van der Waals surface area contributed by atoms with Crippen LogP contribution in [0.25, 0.3) is 0 Å². The van der Waals surface area contributed by atoms with E-state index in [1.807, 2.05) is 0 Å². The van der Waals surface area contributed by atoms with Crippen LogP contribution in [0.2, 0.25) is 0 Å². The van der Waals surface area contributed by atoms with Gasteiger partial charge in [0.25, 0.3) is 0 Å². The first-order valence-electron chi connectivity index (χ1n) is 6.39. The van der Waals surface area contributed by atoms with Gasteiger partial charge < -0.3 is 0 Å². The molecule has 0 aliphatic rings. The summed E-state index contributed by atoms with van der Waals surface area (Å²) in [4.78, 5) is 0. The van der Waals surface area contributed by atoms with E-state index < -0.39 is 0 Å². The molecule has 0 aromatic rings. The van der Waals surface area contributed by atoms with Gasteiger partial charge in [0.15, 0.2) is 0 Å². The maximum absolute atomic E-state index is 9.73. The van der Waals surface area contributed by atoms with Crippen LogP contribution in [0, 0.1) is 0 Å². The van der Waals surface area contributed by atoms with Crippen LogP contribution in [-0.2, 0) is 0 Å². The zero-order valence-electron chi connectivity index (χ0n) is 10.5. The Morgan fingerprint density at radius 2 is 1.12 bits per heavy atom. The SMILES string of the molecule is CCCCCC(O)[Se][Se]C(O)CCCCC. The first kappa shape index (κ1) is 17.0. The average molecular weight is 360 g/mol. The minimum absolute atomic E-state index is 0.111. The molecule has 0 fully saturated rings. The van der Waals surface area contributed by atoms with Crippen molar-refractivity contribution in [3.63, 3.8) is 0 Å². The van der Waals surface area contributed by atoms with Gasteiger partial charge in [-0.15, -0.1) is 0 Å². The zero-order chi connectivity index (χ0) is 12.2. The van der Waals surface area contributed by atoms with E-state index in [-0.39, 0.29) is 36.3 Å². The van der Waals surface area contributed by atoms with Crippen LogP contribution in [0.3, 0.4) is 0 Å². The van der Waals surface area contributed by atoms with Gasteiger partial charge in [-0.25, -0.2) is 0 Å². The van der Waals surface area contributed by atoms with E-state index in [4.69, 9.17) is 0 Å². The molecule has 0 heterocycles. The molecule has 0 bridgehead atoms. The molecule has 16 heavy (non-hydrogen) atoms. The maximum atomic E-state index is 9.73. The van der Waals surface area contributed by atoms with Crippen molar-refractivity contribution in [1.29, 1.82) is 0 Å². The van der Waals surface area contributed by atoms with Crippen LogP contribution in [0.15, 0.2) is 0 Å². The van der Waals surface area contributed by atoms with Gasteiger partial charge in [0.1, 0.15) is 0 Å². The molecule has 0 amide bonds. The monoisotopic (exact) mass is 362 g/mol. The molecule has 0 aromatic carbocycles. The van der Waals surface area contributed by atoms with Crippen LogP contribution in [0.1, 0.15) is 65.2 Å². The molecule has 2 atom stereocenters. The molecule has 2 nitrogen and oxygen atoms in total. The Labute approximate surface area is 111 Å². The molecule has 0 saturated carbocycles. The second-order valence-corrected chi connectivity index (χ2v) is 11.4. The standard InChI is InChI=1S/C12H26O2Se2/c1-3-5-7-9-11(13)15-16-12(14)10-8-6-4-2/h11-14H,3-10H2,1-2H3.